The summed E-state index contributed by atoms with van der Waals surface area (Å²) in [4.78, 5) is 11.0. The van der Waals surface area contributed by atoms with E-state index in [1.807, 2.05) is 6.92 Å². The molecule has 1 fully saturated rings. The van der Waals surface area contributed by atoms with Crippen LogP contribution < -0.4 is 0 Å². The van der Waals surface area contributed by atoms with Crippen LogP contribution in [0.4, 0.5) is 0 Å². The molecule has 0 atom stereocenters. The molecule has 0 radical (unpaired) electrons. The summed E-state index contributed by atoms with van der Waals surface area (Å²) in [5.41, 5.74) is 0. The summed E-state index contributed by atoms with van der Waals surface area (Å²) in [7, 11) is 0. The summed E-state index contributed by atoms with van der Waals surface area (Å²) in [6.45, 7) is 2.22. The fourth-order valence-electron chi connectivity index (χ4n) is 1.72. The van der Waals surface area contributed by atoms with Crippen LogP contribution in [0.25, 0.3) is 0 Å². The van der Waals surface area contributed by atoms with Gasteiger partial charge >= 0.3 is 0 Å². The topological polar surface area (TPSA) is 26.3 Å². The average molecular weight is 184 g/mol. The summed E-state index contributed by atoms with van der Waals surface area (Å²) < 4.78 is 5.57. The van der Waals surface area contributed by atoms with E-state index in [4.69, 9.17) is 4.74 Å². The molecule has 0 heterocycles. The van der Waals surface area contributed by atoms with Gasteiger partial charge in [0.05, 0.1) is 6.10 Å². The van der Waals surface area contributed by atoms with E-state index in [1.165, 1.54) is 25.7 Å². The van der Waals surface area contributed by atoms with Crippen molar-refractivity contribution < 1.29 is 9.53 Å². The Balaban J connectivity index is 2.15. The van der Waals surface area contributed by atoms with Gasteiger partial charge in [-0.05, 0) is 12.8 Å². The van der Waals surface area contributed by atoms with Crippen LogP contribution in [0.1, 0.15) is 51.9 Å². The highest BCUT2D eigenvalue weighted by Crippen LogP contribution is 2.19. The Hall–Kier alpha value is -0.370. The Morgan fingerprint density at radius 3 is 2.38 bits per heavy atom. The zero-order valence-corrected chi connectivity index (χ0v) is 8.55. The first-order chi connectivity index (χ1) is 6.33. The predicted molar refractivity (Wildman–Crippen MR) is 52.7 cm³/mol. The monoisotopic (exact) mass is 184 g/mol. The molecule has 2 heteroatoms. The van der Waals surface area contributed by atoms with Crippen molar-refractivity contribution in [3.8, 4) is 0 Å². The number of rotatable bonds is 4. The number of carbonyl (C=O) groups excluding carboxylic acids is 1. The van der Waals surface area contributed by atoms with Crippen molar-refractivity contribution in [1.82, 2.24) is 0 Å². The summed E-state index contributed by atoms with van der Waals surface area (Å²) in [5, 5.41) is 0. The minimum Gasteiger partial charge on any atom is -0.370 e. The molecule has 76 valence electrons. The summed E-state index contributed by atoms with van der Waals surface area (Å²) >= 11 is 0. The van der Waals surface area contributed by atoms with Gasteiger partial charge in [0.2, 0.25) is 0 Å². The van der Waals surface area contributed by atoms with Crippen molar-refractivity contribution in [3.63, 3.8) is 0 Å². The minimum absolute atomic E-state index is 0.226. The van der Waals surface area contributed by atoms with Gasteiger partial charge in [-0.15, -0.1) is 0 Å². The Morgan fingerprint density at radius 2 is 1.85 bits per heavy atom. The zero-order chi connectivity index (χ0) is 9.52. The van der Waals surface area contributed by atoms with Crippen molar-refractivity contribution in [2.75, 3.05) is 6.61 Å². The molecule has 2 nitrogen and oxygen atoms in total. The van der Waals surface area contributed by atoms with Gasteiger partial charge in [-0.2, -0.15) is 0 Å². The third-order valence-electron chi connectivity index (χ3n) is 2.68. The average Bonchev–Trinajstić information content (AvgIpc) is 2.42. The molecule has 0 bridgehead atoms. The molecule has 1 saturated carbocycles. The molecule has 0 spiro atoms. The van der Waals surface area contributed by atoms with Crippen molar-refractivity contribution in [1.29, 1.82) is 0 Å². The molecule has 0 aromatic heterocycles. The number of Topliss-reactive ketones (excluding diaryl/α,β-unsaturated/α-hetero) is 1. The quantitative estimate of drug-likeness (QED) is 0.628. The molecule has 0 aliphatic heterocycles. The Morgan fingerprint density at radius 1 is 1.23 bits per heavy atom. The molecule has 0 unspecified atom stereocenters. The first kappa shape index (κ1) is 10.7. The lowest BCUT2D eigenvalue weighted by molar-refractivity contribution is -0.125. The van der Waals surface area contributed by atoms with Crippen LogP contribution in [-0.2, 0) is 9.53 Å². The highest BCUT2D eigenvalue weighted by Gasteiger charge is 2.13. The molecule has 1 rings (SSSR count). The highest BCUT2D eigenvalue weighted by atomic mass is 16.5. The van der Waals surface area contributed by atoms with E-state index in [1.54, 1.807) is 0 Å². The van der Waals surface area contributed by atoms with E-state index in [0.29, 0.717) is 19.1 Å². The lowest BCUT2D eigenvalue weighted by Gasteiger charge is -2.14. The molecular weight excluding hydrogens is 164 g/mol. The molecular formula is C11H20O2. The maximum atomic E-state index is 11.0. The van der Waals surface area contributed by atoms with Crippen molar-refractivity contribution in [3.05, 3.63) is 0 Å². The zero-order valence-electron chi connectivity index (χ0n) is 8.55. The molecule has 0 amide bonds. The largest absolute Gasteiger partial charge is 0.370 e. The highest BCUT2D eigenvalue weighted by molar-refractivity contribution is 5.79. The standard InChI is InChI=1S/C11H20O2/c1-2-10(12)9-13-11-7-5-3-4-6-8-11/h11H,2-9H2,1H3. The Labute approximate surface area is 80.7 Å². The molecule has 1 aliphatic rings. The first-order valence-corrected chi connectivity index (χ1v) is 5.46. The van der Waals surface area contributed by atoms with E-state index in [2.05, 4.69) is 0 Å². The maximum absolute atomic E-state index is 11.0. The second kappa shape index (κ2) is 6.14. The molecule has 0 aromatic carbocycles. The van der Waals surface area contributed by atoms with Crippen LogP contribution in [0.5, 0.6) is 0 Å². The van der Waals surface area contributed by atoms with Gasteiger partial charge in [-0.1, -0.05) is 32.6 Å². The molecule has 1 aliphatic carbocycles. The number of hydrogen-bond donors (Lipinski definition) is 0. The number of ketones is 1. The SMILES string of the molecule is CCC(=O)COC1CCCCCC1. The lowest BCUT2D eigenvalue weighted by atomic mass is 10.1. The fraction of sp³-hybridized carbons (Fsp3) is 0.909. The molecule has 13 heavy (non-hydrogen) atoms. The maximum Gasteiger partial charge on any atom is 0.158 e. The van der Waals surface area contributed by atoms with Gasteiger partial charge in [0.1, 0.15) is 6.61 Å². The van der Waals surface area contributed by atoms with Gasteiger partial charge in [-0.25, -0.2) is 0 Å². The van der Waals surface area contributed by atoms with Gasteiger partial charge < -0.3 is 4.74 Å². The number of carbonyl (C=O) groups is 1. The summed E-state index contributed by atoms with van der Waals surface area (Å²) in [6, 6.07) is 0. The van der Waals surface area contributed by atoms with E-state index >= 15 is 0 Å². The van der Waals surface area contributed by atoms with E-state index in [9.17, 15) is 4.79 Å². The lowest BCUT2D eigenvalue weighted by Crippen LogP contribution is -2.17. The third-order valence-corrected chi connectivity index (χ3v) is 2.68. The van der Waals surface area contributed by atoms with Crippen LogP contribution >= 0.6 is 0 Å². The van der Waals surface area contributed by atoms with E-state index in [0.717, 1.165) is 12.8 Å². The second-order valence-corrected chi connectivity index (χ2v) is 3.82. The van der Waals surface area contributed by atoms with Crippen LogP contribution in [-0.4, -0.2) is 18.5 Å². The van der Waals surface area contributed by atoms with Gasteiger partial charge in [0.15, 0.2) is 5.78 Å². The predicted octanol–water partition coefficient (Wildman–Crippen LogP) is 2.70. The number of hydrogen-bond acceptors (Lipinski definition) is 2. The van der Waals surface area contributed by atoms with Crippen molar-refractivity contribution >= 4 is 5.78 Å². The molecule has 0 saturated heterocycles. The normalized spacial score (nSPS) is 19.8. The minimum atomic E-state index is 0.226. The second-order valence-electron chi connectivity index (χ2n) is 3.82. The van der Waals surface area contributed by atoms with E-state index in [-0.39, 0.29) is 5.78 Å². The van der Waals surface area contributed by atoms with Crippen LogP contribution in [0, 0.1) is 0 Å². The number of ether oxygens (including phenoxy) is 1. The summed E-state index contributed by atoms with van der Waals surface area (Å²) in [5.74, 6) is 0.226. The smallest absolute Gasteiger partial charge is 0.158 e. The summed E-state index contributed by atoms with van der Waals surface area (Å²) in [6.07, 6.45) is 8.47. The van der Waals surface area contributed by atoms with Crippen LogP contribution in [0.3, 0.4) is 0 Å². The van der Waals surface area contributed by atoms with Crippen LogP contribution in [0.15, 0.2) is 0 Å². The van der Waals surface area contributed by atoms with Crippen LogP contribution in [0.2, 0.25) is 0 Å². The van der Waals surface area contributed by atoms with E-state index < -0.39 is 0 Å². The third kappa shape index (κ3) is 4.41. The first-order valence-electron chi connectivity index (χ1n) is 5.46. The van der Waals surface area contributed by atoms with Crippen molar-refractivity contribution in [2.24, 2.45) is 0 Å². The molecule has 0 N–H and O–H groups in total. The van der Waals surface area contributed by atoms with Gasteiger partial charge in [0.25, 0.3) is 0 Å². The Kier molecular flexibility index (Phi) is 5.06. The fourth-order valence-corrected chi connectivity index (χ4v) is 1.72. The van der Waals surface area contributed by atoms with Crippen molar-refractivity contribution in [2.45, 2.75) is 58.0 Å². The van der Waals surface area contributed by atoms with Gasteiger partial charge in [0, 0.05) is 6.42 Å². The van der Waals surface area contributed by atoms with Gasteiger partial charge in [-0.3, -0.25) is 4.79 Å². The Bertz CT molecular complexity index is 146. The molecule has 0 aromatic rings.